The summed E-state index contributed by atoms with van der Waals surface area (Å²) in [6, 6.07) is 13.0. The first-order valence-corrected chi connectivity index (χ1v) is 9.08. The Morgan fingerprint density at radius 1 is 1.00 bits per heavy atom. The standard InChI is InChI=1S/C16H21NS/c1-13(18(2,3)4)14-7-5-8-15(11-14)16-9-6-10-17-12-16/h5-13H,1-4H3. The first-order valence-electron chi connectivity index (χ1n) is 6.16. The van der Waals surface area contributed by atoms with Gasteiger partial charge in [-0.1, -0.05) is 37.3 Å². The van der Waals surface area contributed by atoms with Crippen molar-refractivity contribution in [2.75, 3.05) is 18.8 Å². The topological polar surface area (TPSA) is 12.9 Å². The predicted octanol–water partition coefficient (Wildman–Crippen LogP) is 4.50. The molecule has 2 rings (SSSR count). The highest BCUT2D eigenvalue weighted by atomic mass is 32.3. The summed E-state index contributed by atoms with van der Waals surface area (Å²) in [6.07, 6.45) is 10.8. The molecule has 18 heavy (non-hydrogen) atoms. The van der Waals surface area contributed by atoms with Gasteiger partial charge in [-0.3, -0.25) is 4.98 Å². The quantitative estimate of drug-likeness (QED) is 0.790. The van der Waals surface area contributed by atoms with Crippen LogP contribution in [0, 0.1) is 0 Å². The molecule has 1 aromatic heterocycles. The van der Waals surface area contributed by atoms with Crippen LogP contribution < -0.4 is 0 Å². The molecule has 0 spiro atoms. The van der Waals surface area contributed by atoms with Crippen molar-refractivity contribution in [1.82, 2.24) is 4.98 Å². The largest absolute Gasteiger partial charge is 0.264 e. The van der Waals surface area contributed by atoms with Crippen molar-refractivity contribution in [3.63, 3.8) is 0 Å². The number of aromatic nitrogens is 1. The number of benzene rings is 1. The van der Waals surface area contributed by atoms with Crippen molar-refractivity contribution in [3.8, 4) is 11.1 Å². The van der Waals surface area contributed by atoms with Crippen LogP contribution in [0.15, 0.2) is 48.8 Å². The average molecular weight is 259 g/mol. The third-order valence-electron chi connectivity index (χ3n) is 3.41. The van der Waals surface area contributed by atoms with E-state index in [1.807, 2.05) is 18.5 Å². The lowest BCUT2D eigenvalue weighted by Crippen LogP contribution is -2.03. The summed E-state index contributed by atoms with van der Waals surface area (Å²) in [5, 5.41) is 0.620. The summed E-state index contributed by atoms with van der Waals surface area (Å²) in [6.45, 7) is 2.33. The van der Waals surface area contributed by atoms with Crippen LogP contribution in [-0.2, 0) is 0 Å². The summed E-state index contributed by atoms with van der Waals surface area (Å²) >= 11 is 0. The molecule has 0 amide bonds. The van der Waals surface area contributed by atoms with Crippen LogP contribution in [0.4, 0.5) is 0 Å². The van der Waals surface area contributed by atoms with Crippen LogP contribution in [-0.4, -0.2) is 23.8 Å². The van der Waals surface area contributed by atoms with Gasteiger partial charge in [0.25, 0.3) is 0 Å². The minimum Gasteiger partial charge on any atom is -0.264 e. The SMILES string of the molecule is CC(c1cccc(-c2cccnc2)c1)S(C)(C)C. The number of rotatable bonds is 3. The van der Waals surface area contributed by atoms with Gasteiger partial charge < -0.3 is 0 Å². The lowest BCUT2D eigenvalue weighted by Gasteiger charge is -2.33. The van der Waals surface area contributed by atoms with E-state index in [0.29, 0.717) is 5.25 Å². The Morgan fingerprint density at radius 2 is 1.72 bits per heavy atom. The van der Waals surface area contributed by atoms with Gasteiger partial charge in [-0.05, 0) is 41.5 Å². The molecule has 0 bridgehead atoms. The summed E-state index contributed by atoms with van der Waals surface area (Å²) in [5.41, 5.74) is 3.88. The van der Waals surface area contributed by atoms with Gasteiger partial charge in [0.05, 0.1) is 0 Å². The maximum Gasteiger partial charge on any atom is 0.0346 e. The van der Waals surface area contributed by atoms with E-state index >= 15 is 0 Å². The van der Waals surface area contributed by atoms with Gasteiger partial charge in [0, 0.05) is 17.6 Å². The zero-order valence-corrected chi connectivity index (χ0v) is 12.4. The van der Waals surface area contributed by atoms with Gasteiger partial charge in [-0.15, -0.1) is 0 Å². The first kappa shape index (κ1) is 13.2. The van der Waals surface area contributed by atoms with Crippen molar-refractivity contribution < 1.29 is 0 Å². The second kappa shape index (κ2) is 5.15. The maximum atomic E-state index is 4.19. The fourth-order valence-corrected chi connectivity index (χ4v) is 2.88. The van der Waals surface area contributed by atoms with Crippen LogP contribution in [0.1, 0.15) is 17.7 Å². The molecule has 0 aliphatic rings. The first-order chi connectivity index (χ1) is 8.48. The molecule has 0 N–H and O–H groups in total. The fourth-order valence-electron chi connectivity index (χ4n) is 1.91. The molecule has 0 aliphatic heterocycles. The van der Waals surface area contributed by atoms with Crippen molar-refractivity contribution >= 4 is 10.0 Å². The zero-order valence-electron chi connectivity index (χ0n) is 11.6. The molecule has 0 saturated carbocycles. The summed E-state index contributed by atoms with van der Waals surface area (Å²) < 4.78 is 0. The van der Waals surface area contributed by atoms with Gasteiger partial charge in [0.2, 0.25) is 0 Å². The van der Waals surface area contributed by atoms with E-state index in [1.54, 1.807) is 0 Å². The molecule has 1 atom stereocenters. The van der Waals surface area contributed by atoms with E-state index in [4.69, 9.17) is 0 Å². The monoisotopic (exact) mass is 259 g/mol. The Morgan fingerprint density at radius 3 is 2.33 bits per heavy atom. The van der Waals surface area contributed by atoms with Gasteiger partial charge >= 0.3 is 0 Å². The van der Waals surface area contributed by atoms with E-state index < -0.39 is 10.0 Å². The molecule has 2 heteroatoms. The minimum atomic E-state index is -0.570. The Bertz CT molecular complexity index is 514. The van der Waals surface area contributed by atoms with E-state index in [9.17, 15) is 0 Å². The van der Waals surface area contributed by atoms with Crippen LogP contribution in [0.2, 0.25) is 0 Å². The van der Waals surface area contributed by atoms with Gasteiger partial charge in [0.1, 0.15) is 0 Å². The van der Waals surface area contributed by atoms with E-state index in [1.165, 1.54) is 16.7 Å². The molecule has 0 saturated heterocycles. The third kappa shape index (κ3) is 2.94. The molecule has 2 aromatic rings. The smallest absolute Gasteiger partial charge is 0.0346 e. The zero-order chi connectivity index (χ0) is 13.2. The predicted molar refractivity (Wildman–Crippen MR) is 83.5 cm³/mol. The van der Waals surface area contributed by atoms with Crippen LogP contribution in [0.3, 0.4) is 0 Å². The third-order valence-corrected chi connectivity index (χ3v) is 5.81. The van der Waals surface area contributed by atoms with Gasteiger partial charge in [-0.2, -0.15) is 0 Å². The van der Waals surface area contributed by atoms with Gasteiger partial charge in [0.15, 0.2) is 0 Å². The highest BCUT2D eigenvalue weighted by Crippen LogP contribution is 2.51. The number of hydrogen-bond acceptors (Lipinski definition) is 1. The fraction of sp³-hybridized carbons (Fsp3) is 0.312. The molecule has 0 radical (unpaired) electrons. The maximum absolute atomic E-state index is 4.19. The van der Waals surface area contributed by atoms with Crippen molar-refractivity contribution in [2.24, 2.45) is 0 Å². The summed E-state index contributed by atoms with van der Waals surface area (Å²) in [7, 11) is -0.570. The molecule has 0 aliphatic carbocycles. The highest BCUT2D eigenvalue weighted by Gasteiger charge is 2.17. The van der Waals surface area contributed by atoms with E-state index in [0.717, 1.165) is 0 Å². The van der Waals surface area contributed by atoms with Crippen molar-refractivity contribution in [2.45, 2.75) is 12.2 Å². The molecule has 1 aromatic carbocycles. The molecule has 0 fully saturated rings. The summed E-state index contributed by atoms with van der Waals surface area (Å²) in [5.74, 6) is 0. The van der Waals surface area contributed by atoms with Crippen LogP contribution in [0.25, 0.3) is 11.1 Å². The van der Waals surface area contributed by atoms with Gasteiger partial charge in [-0.25, -0.2) is 10.0 Å². The minimum absolute atomic E-state index is 0.570. The Hall–Kier alpha value is -1.28. The molecule has 1 unspecified atom stereocenters. The molecular weight excluding hydrogens is 238 g/mol. The van der Waals surface area contributed by atoms with Crippen LogP contribution in [0.5, 0.6) is 0 Å². The molecule has 96 valence electrons. The van der Waals surface area contributed by atoms with E-state index in [2.05, 4.69) is 61.0 Å². The Balaban J connectivity index is 2.37. The molecule has 1 nitrogen and oxygen atoms in total. The number of nitrogens with zero attached hydrogens (tertiary/aromatic N) is 1. The van der Waals surface area contributed by atoms with Crippen LogP contribution >= 0.6 is 10.0 Å². The second-order valence-electron chi connectivity index (χ2n) is 5.44. The lowest BCUT2D eigenvalue weighted by atomic mass is 10.0. The highest BCUT2D eigenvalue weighted by molar-refractivity contribution is 8.32. The number of hydrogen-bond donors (Lipinski definition) is 0. The van der Waals surface area contributed by atoms with Crippen molar-refractivity contribution in [3.05, 3.63) is 54.4 Å². The average Bonchev–Trinajstić information content (AvgIpc) is 2.38. The summed E-state index contributed by atoms with van der Waals surface area (Å²) in [4.78, 5) is 4.19. The lowest BCUT2D eigenvalue weighted by molar-refractivity contribution is 1.08. The Kier molecular flexibility index (Phi) is 3.76. The molecular formula is C16H21NS. The molecule has 1 heterocycles. The second-order valence-corrected chi connectivity index (χ2v) is 10.0. The normalized spacial score (nSPS) is 14.2. The van der Waals surface area contributed by atoms with Crippen molar-refractivity contribution in [1.29, 1.82) is 0 Å². The van der Waals surface area contributed by atoms with E-state index in [-0.39, 0.29) is 0 Å². The number of pyridine rings is 1. The Labute approximate surface area is 112 Å².